The monoisotopic (exact) mass is 299 g/mol. The minimum Gasteiger partial charge on any atom is -0.462 e. The fourth-order valence-corrected chi connectivity index (χ4v) is 1.63. The second-order valence-corrected chi connectivity index (χ2v) is 5.07. The van der Waals surface area contributed by atoms with Crippen LogP contribution in [0, 0.1) is 0 Å². The lowest BCUT2D eigenvalue weighted by atomic mass is 10.2. The Kier molecular flexibility index (Phi) is 6.22. The summed E-state index contributed by atoms with van der Waals surface area (Å²) in [7, 11) is 4.07. The molecular formula is C13H18BrNO2. The summed E-state index contributed by atoms with van der Waals surface area (Å²) in [6.07, 6.45) is 1.95. The summed E-state index contributed by atoms with van der Waals surface area (Å²) in [6, 6.07) is 7.18. The fraction of sp³-hybridized carbons (Fsp3) is 0.462. The van der Waals surface area contributed by atoms with Gasteiger partial charge in [-0.25, -0.2) is 4.79 Å². The van der Waals surface area contributed by atoms with E-state index in [1.807, 2.05) is 26.2 Å². The molecule has 0 amide bonds. The van der Waals surface area contributed by atoms with Crippen LogP contribution >= 0.6 is 15.9 Å². The molecule has 0 saturated heterocycles. The maximum Gasteiger partial charge on any atom is 0.338 e. The van der Waals surface area contributed by atoms with Gasteiger partial charge in [0.15, 0.2) is 0 Å². The number of hydrogen-bond acceptors (Lipinski definition) is 3. The predicted molar refractivity (Wildman–Crippen MR) is 72.2 cm³/mol. The van der Waals surface area contributed by atoms with Crippen LogP contribution in [0.15, 0.2) is 28.7 Å². The molecule has 0 radical (unpaired) electrons. The standard InChI is InChI=1S/C13H18BrNO2/c1-15(2)9-3-4-10-17-13(16)11-5-7-12(14)8-6-11/h5-8H,3-4,9-10H2,1-2H3. The van der Waals surface area contributed by atoms with E-state index in [2.05, 4.69) is 20.8 Å². The van der Waals surface area contributed by atoms with Crippen molar-refractivity contribution in [3.63, 3.8) is 0 Å². The Morgan fingerprint density at radius 3 is 2.47 bits per heavy atom. The van der Waals surface area contributed by atoms with Crippen LogP contribution in [0.4, 0.5) is 0 Å². The number of esters is 1. The second kappa shape index (κ2) is 7.45. The summed E-state index contributed by atoms with van der Waals surface area (Å²) in [5.74, 6) is -0.248. The van der Waals surface area contributed by atoms with Crippen LogP contribution in [0.1, 0.15) is 23.2 Å². The van der Waals surface area contributed by atoms with E-state index >= 15 is 0 Å². The Morgan fingerprint density at radius 1 is 1.24 bits per heavy atom. The molecule has 0 fully saturated rings. The number of unbranched alkanes of at least 4 members (excludes halogenated alkanes) is 1. The van der Waals surface area contributed by atoms with Gasteiger partial charge in [-0.1, -0.05) is 15.9 Å². The van der Waals surface area contributed by atoms with E-state index in [-0.39, 0.29) is 5.97 Å². The maximum atomic E-state index is 11.6. The van der Waals surface area contributed by atoms with Crippen molar-refractivity contribution < 1.29 is 9.53 Å². The number of hydrogen-bond donors (Lipinski definition) is 0. The number of ether oxygens (including phenoxy) is 1. The van der Waals surface area contributed by atoms with E-state index in [9.17, 15) is 4.79 Å². The fourth-order valence-electron chi connectivity index (χ4n) is 1.36. The van der Waals surface area contributed by atoms with Gasteiger partial charge < -0.3 is 9.64 Å². The van der Waals surface area contributed by atoms with Gasteiger partial charge in [-0.05, 0) is 57.7 Å². The average molecular weight is 300 g/mol. The van der Waals surface area contributed by atoms with Crippen LogP contribution in [0.2, 0.25) is 0 Å². The molecule has 0 spiro atoms. The number of halogens is 1. The summed E-state index contributed by atoms with van der Waals surface area (Å²) >= 11 is 3.32. The van der Waals surface area contributed by atoms with Crippen molar-refractivity contribution in [3.8, 4) is 0 Å². The third-order valence-corrected chi connectivity index (χ3v) is 2.84. The molecule has 0 atom stereocenters. The number of rotatable bonds is 6. The van der Waals surface area contributed by atoms with Crippen molar-refractivity contribution in [2.24, 2.45) is 0 Å². The molecule has 94 valence electrons. The van der Waals surface area contributed by atoms with Crippen LogP contribution < -0.4 is 0 Å². The topological polar surface area (TPSA) is 29.5 Å². The Hall–Kier alpha value is -0.870. The lowest BCUT2D eigenvalue weighted by Crippen LogP contribution is -2.14. The molecule has 0 aliphatic rings. The highest BCUT2D eigenvalue weighted by Crippen LogP contribution is 2.11. The second-order valence-electron chi connectivity index (χ2n) is 4.15. The van der Waals surface area contributed by atoms with Gasteiger partial charge in [0.05, 0.1) is 12.2 Å². The first-order valence-electron chi connectivity index (χ1n) is 5.67. The highest BCUT2D eigenvalue weighted by molar-refractivity contribution is 9.10. The number of benzene rings is 1. The molecule has 0 aliphatic heterocycles. The molecule has 1 aromatic carbocycles. The first-order chi connectivity index (χ1) is 8.09. The zero-order valence-corrected chi connectivity index (χ0v) is 11.9. The molecule has 0 unspecified atom stereocenters. The maximum absolute atomic E-state index is 11.6. The number of nitrogens with zero attached hydrogens (tertiary/aromatic N) is 1. The first-order valence-corrected chi connectivity index (χ1v) is 6.46. The van der Waals surface area contributed by atoms with E-state index in [4.69, 9.17) is 4.74 Å². The van der Waals surface area contributed by atoms with Crippen molar-refractivity contribution in [3.05, 3.63) is 34.3 Å². The van der Waals surface area contributed by atoms with Gasteiger partial charge >= 0.3 is 5.97 Å². The highest BCUT2D eigenvalue weighted by atomic mass is 79.9. The molecule has 0 heterocycles. The average Bonchev–Trinajstić information content (AvgIpc) is 2.29. The molecule has 1 rings (SSSR count). The summed E-state index contributed by atoms with van der Waals surface area (Å²) in [6.45, 7) is 1.51. The van der Waals surface area contributed by atoms with Gasteiger partial charge in [-0.2, -0.15) is 0 Å². The van der Waals surface area contributed by atoms with Crippen molar-refractivity contribution >= 4 is 21.9 Å². The Balaban J connectivity index is 2.23. The van der Waals surface area contributed by atoms with Crippen molar-refractivity contribution in [1.82, 2.24) is 4.90 Å². The van der Waals surface area contributed by atoms with Crippen LogP contribution in [0.5, 0.6) is 0 Å². The van der Waals surface area contributed by atoms with E-state index in [0.29, 0.717) is 12.2 Å². The van der Waals surface area contributed by atoms with E-state index in [0.717, 1.165) is 23.9 Å². The van der Waals surface area contributed by atoms with Crippen LogP contribution in [0.3, 0.4) is 0 Å². The largest absolute Gasteiger partial charge is 0.462 e. The zero-order valence-electron chi connectivity index (χ0n) is 10.3. The lowest BCUT2D eigenvalue weighted by molar-refractivity contribution is 0.0496. The van der Waals surface area contributed by atoms with Crippen LogP contribution in [0.25, 0.3) is 0 Å². The zero-order chi connectivity index (χ0) is 12.7. The van der Waals surface area contributed by atoms with E-state index < -0.39 is 0 Å². The van der Waals surface area contributed by atoms with Gasteiger partial charge in [0.25, 0.3) is 0 Å². The lowest BCUT2D eigenvalue weighted by Gasteiger charge is -2.09. The normalized spacial score (nSPS) is 10.6. The van der Waals surface area contributed by atoms with Gasteiger partial charge in [-0.15, -0.1) is 0 Å². The SMILES string of the molecule is CN(C)CCCCOC(=O)c1ccc(Br)cc1. The smallest absolute Gasteiger partial charge is 0.338 e. The Bertz CT molecular complexity index is 349. The minimum absolute atomic E-state index is 0.248. The molecule has 3 nitrogen and oxygen atoms in total. The minimum atomic E-state index is -0.248. The van der Waals surface area contributed by atoms with Gasteiger partial charge in [0.1, 0.15) is 0 Å². The molecule has 0 aliphatic carbocycles. The molecule has 1 aromatic rings. The molecule has 0 N–H and O–H groups in total. The van der Waals surface area contributed by atoms with Gasteiger partial charge in [-0.3, -0.25) is 0 Å². The predicted octanol–water partition coefficient (Wildman–Crippen LogP) is 2.95. The van der Waals surface area contributed by atoms with Gasteiger partial charge in [0, 0.05) is 4.47 Å². The highest BCUT2D eigenvalue weighted by Gasteiger charge is 2.05. The third kappa shape index (κ3) is 5.84. The molecule has 4 heteroatoms. The molecule has 17 heavy (non-hydrogen) atoms. The number of carbonyl (C=O) groups excluding carboxylic acids is 1. The Labute approximate surface area is 111 Å². The molecule has 0 saturated carbocycles. The summed E-state index contributed by atoms with van der Waals surface area (Å²) in [5, 5.41) is 0. The van der Waals surface area contributed by atoms with Crippen LogP contribution in [-0.2, 0) is 4.74 Å². The molecule has 0 bridgehead atoms. The van der Waals surface area contributed by atoms with E-state index in [1.165, 1.54) is 0 Å². The summed E-state index contributed by atoms with van der Waals surface area (Å²) in [4.78, 5) is 13.7. The molecular weight excluding hydrogens is 282 g/mol. The number of carbonyl (C=O) groups is 1. The third-order valence-electron chi connectivity index (χ3n) is 2.31. The Morgan fingerprint density at radius 2 is 1.88 bits per heavy atom. The van der Waals surface area contributed by atoms with Crippen molar-refractivity contribution in [2.45, 2.75) is 12.8 Å². The van der Waals surface area contributed by atoms with Crippen LogP contribution in [-0.4, -0.2) is 38.1 Å². The first kappa shape index (κ1) is 14.2. The van der Waals surface area contributed by atoms with Crippen molar-refractivity contribution in [1.29, 1.82) is 0 Å². The van der Waals surface area contributed by atoms with Crippen molar-refractivity contribution in [2.75, 3.05) is 27.2 Å². The molecule has 0 aromatic heterocycles. The van der Waals surface area contributed by atoms with E-state index in [1.54, 1.807) is 12.1 Å². The van der Waals surface area contributed by atoms with Gasteiger partial charge in [0.2, 0.25) is 0 Å². The summed E-state index contributed by atoms with van der Waals surface area (Å²) in [5.41, 5.74) is 0.598. The summed E-state index contributed by atoms with van der Waals surface area (Å²) < 4.78 is 6.14. The quantitative estimate of drug-likeness (QED) is 0.597.